The first-order valence-corrected chi connectivity index (χ1v) is 12.6. The van der Waals surface area contributed by atoms with Gasteiger partial charge in [0.15, 0.2) is 11.5 Å². The van der Waals surface area contributed by atoms with Crippen LogP contribution in [0.25, 0.3) is 0 Å². The summed E-state index contributed by atoms with van der Waals surface area (Å²) in [6.45, 7) is 0.287. The predicted octanol–water partition coefficient (Wildman–Crippen LogP) is 7.88. The van der Waals surface area contributed by atoms with E-state index in [0.717, 1.165) is 10.5 Å². The normalized spacial score (nSPS) is 11.1. The maximum absolute atomic E-state index is 12.3. The molecule has 0 atom stereocenters. The number of amides is 1. The zero-order valence-electron chi connectivity index (χ0n) is 18.2. The molecule has 0 aliphatic heterocycles. The molecule has 0 saturated carbocycles. The van der Waals surface area contributed by atoms with Crippen LogP contribution in [0, 0.1) is 0 Å². The quantitative estimate of drug-likeness (QED) is 0.132. The summed E-state index contributed by atoms with van der Waals surface area (Å²) in [7, 11) is 0. The van der Waals surface area contributed by atoms with Crippen molar-refractivity contribution in [2.75, 3.05) is 0 Å². The average molecular weight is 546 g/mol. The van der Waals surface area contributed by atoms with Crippen molar-refractivity contribution in [3.8, 4) is 5.75 Å². The fourth-order valence-electron chi connectivity index (χ4n) is 3.00. The maximum Gasteiger partial charge on any atom is 0.307 e. The average Bonchev–Trinajstić information content (AvgIpc) is 3.33. The lowest BCUT2D eigenvalue weighted by Crippen LogP contribution is -2.16. The van der Waals surface area contributed by atoms with Crippen molar-refractivity contribution in [1.82, 2.24) is 5.43 Å². The molecule has 178 valence electrons. The number of carbonyl (C=O) groups is 1. The van der Waals surface area contributed by atoms with Gasteiger partial charge in [0.1, 0.15) is 12.4 Å². The van der Waals surface area contributed by atoms with Gasteiger partial charge in [-0.05, 0) is 59.7 Å². The number of nitrogens with zero attached hydrogens (tertiary/aromatic N) is 1. The second-order valence-corrected chi connectivity index (χ2v) is 9.60. The van der Waals surface area contributed by atoms with Crippen molar-refractivity contribution in [1.29, 1.82) is 0 Å². The lowest BCUT2D eigenvalue weighted by atomic mass is 10.2. The van der Waals surface area contributed by atoms with E-state index in [9.17, 15) is 4.79 Å². The van der Waals surface area contributed by atoms with Crippen molar-refractivity contribution in [3.63, 3.8) is 0 Å². The number of nitrogens with one attached hydrogen (secondary N) is 1. The zero-order valence-corrected chi connectivity index (χ0v) is 21.3. The van der Waals surface area contributed by atoms with E-state index in [2.05, 4.69) is 10.5 Å². The standard InChI is InChI=1S/C26H19Cl3N2O3S/c27-19-8-6-17(7-9-19)15-33-25-22(28)12-18(13-23(25)29)14-30-31-26(32)24-11-10-20(34-24)16-35-21-4-2-1-3-5-21/h1-14H,15-16H2,(H,31,32). The number of hydrogen-bond acceptors (Lipinski definition) is 5. The Balaban J connectivity index is 1.31. The first-order valence-electron chi connectivity index (χ1n) is 10.4. The minimum absolute atomic E-state index is 0.174. The van der Waals surface area contributed by atoms with Crippen molar-refractivity contribution in [2.45, 2.75) is 17.3 Å². The fraction of sp³-hybridized carbons (Fsp3) is 0.0769. The molecule has 4 aromatic rings. The van der Waals surface area contributed by atoms with Crippen molar-refractivity contribution in [3.05, 3.63) is 117 Å². The summed E-state index contributed by atoms with van der Waals surface area (Å²) in [6, 6.07) is 23.9. The molecular weight excluding hydrogens is 527 g/mol. The summed E-state index contributed by atoms with van der Waals surface area (Å²) in [5, 5.41) is 5.27. The van der Waals surface area contributed by atoms with E-state index in [-0.39, 0.29) is 12.4 Å². The monoisotopic (exact) mass is 544 g/mol. The van der Waals surface area contributed by atoms with Gasteiger partial charge in [-0.2, -0.15) is 5.10 Å². The SMILES string of the molecule is O=C(NN=Cc1cc(Cl)c(OCc2ccc(Cl)cc2)c(Cl)c1)c1ccc(CSc2ccccc2)o1. The Kier molecular flexibility index (Phi) is 8.77. The van der Waals surface area contributed by atoms with Gasteiger partial charge < -0.3 is 9.15 Å². The molecular formula is C26H19Cl3N2O3S. The number of thioether (sulfide) groups is 1. The van der Waals surface area contributed by atoms with Crippen molar-refractivity contribution in [2.24, 2.45) is 5.10 Å². The molecule has 0 unspecified atom stereocenters. The second-order valence-electron chi connectivity index (χ2n) is 7.30. The fourth-order valence-corrected chi connectivity index (χ4v) is 4.55. The molecule has 1 N–H and O–H groups in total. The molecule has 0 aliphatic carbocycles. The molecule has 4 rings (SSSR count). The summed E-state index contributed by atoms with van der Waals surface area (Å²) < 4.78 is 11.4. The van der Waals surface area contributed by atoms with E-state index in [1.807, 2.05) is 42.5 Å². The summed E-state index contributed by atoms with van der Waals surface area (Å²) in [5.41, 5.74) is 3.96. The highest BCUT2D eigenvalue weighted by molar-refractivity contribution is 7.98. The van der Waals surface area contributed by atoms with Crippen LogP contribution in [-0.4, -0.2) is 12.1 Å². The Hall–Kier alpha value is -2.90. The number of furan rings is 1. The number of halogens is 3. The van der Waals surface area contributed by atoms with Gasteiger partial charge in [-0.1, -0.05) is 65.1 Å². The van der Waals surface area contributed by atoms with Crippen LogP contribution in [0.2, 0.25) is 15.1 Å². The van der Waals surface area contributed by atoms with Crippen LogP contribution in [0.4, 0.5) is 0 Å². The number of ether oxygens (including phenoxy) is 1. The number of carbonyl (C=O) groups excluding carboxylic acids is 1. The first kappa shape index (κ1) is 25.2. The Morgan fingerprint density at radius 3 is 2.40 bits per heavy atom. The highest BCUT2D eigenvalue weighted by atomic mass is 35.5. The molecule has 1 amide bonds. The van der Waals surface area contributed by atoms with Crippen LogP contribution in [0.15, 0.2) is 93.3 Å². The third-order valence-corrected chi connectivity index (χ3v) is 6.55. The molecule has 1 aromatic heterocycles. The van der Waals surface area contributed by atoms with Crippen LogP contribution >= 0.6 is 46.6 Å². The van der Waals surface area contributed by atoms with Gasteiger partial charge in [0.05, 0.1) is 22.0 Å². The van der Waals surface area contributed by atoms with E-state index >= 15 is 0 Å². The molecule has 1 heterocycles. The van der Waals surface area contributed by atoms with Gasteiger partial charge in [-0.25, -0.2) is 5.43 Å². The van der Waals surface area contributed by atoms with Crippen LogP contribution in [0.5, 0.6) is 5.75 Å². The second kappa shape index (κ2) is 12.2. The predicted molar refractivity (Wildman–Crippen MR) is 142 cm³/mol. The van der Waals surface area contributed by atoms with Crippen molar-refractivity contribution < 1.29 is 13.9 Å². The molecule has 0 fully saturated rings. The number of hydrazone groups is 1. The van der Waals surface area contributed by atoms with E-state index < -0.39 is 5.91 Å². The van der Waals surface area contributed by atoms with E-state index in [0.29, 0.717) is 37.9 Å². The van der Waals surface area contributed by atoms with Crippen LogP contribution in [-0.2, 0) is 12.4 Å². The van der Waals surface area contributed by atoms with Gasteiger partial charge in [-0.15, -0.1) is 11.8 Å². The van der Waals surface area contributed by atoms with Gasteiger partial charge >= 0.3 is 5.91 Å². The molecule has 35 heavy (non-hydrogen) atoms. The van der Waals surface area contributed by atoms with Crippen LogP contribution < -0.4 is 10.2 Å². The highest BCUT2D eigenvalue weighted by Crippen LogP contribution is 2.34. The lowest BCUT2D eigenvalue weighted by Gasteiger charge is -2.11. The molecule has 3 aromatic carbocycles. The Labute approximate surface area is 222 Å². The number of rotatable bonds is 9. The summed E-state index contributed by atoms with van der Waals surface area (Å²) in [5.74, 6) is 1.39. The molecule has 0 radical (unpaired) electrons. The Morgan fingerprint density at radius 1 is 0.971 bits per heavy atom. The Bertz CT molecular complexity index is 1300. The minimum atomic E-state index is -0.461. The lowest BCUT2D eigenvalue weighted by molar-refractivity contribution is 0.0926. The van der Waals surface area contributed by atoms with Crippen molar-refractivity contribution >= 4 is 58.7 Å². The highest BCUT2D eigenvalue weighted by Gasteiger charge is 2.12. The van der Waals surface area contributed by atoms with E-state index in [1.165, 1.54) is 6.21 Å². The summed E-state index contributed by atoms with van der Waals surface area (Å²) >= 11 is 20.2. The molecule has 0 spiro atoms. The van der Waals surface area contributed by atoms with E-state index in [4.69, 9.17) is 44.0 Å². The number of benzene rings is 3. The maximum atomic E-state index is 12.3. The molecule has 0 saturated heterocycles. The van der Waals surface area contributed by atoms with E-state index in [1.54, 1.807) is 48.2 Å². The topological polar surface area (TPSA) is 63.8 Å². The molecule has 0 aliphatic rings. The molecule has 9 heteroatoms. The van der Waals surface area contributed by atoms with Crippen LogP contribution in [0.1, 0.15) is 27.4 Å². The first-order chi connectivity index (χ1) is 17.0. The largest absolute Gasteiger partial charge is 0.486 e. The van der Waals surface area contributed by atoms with Crippen LogP contribution in [0.3, 0.4) is 0 Å². The van der Waals surface area contributed by atoms with Gasteiger partial charge in [0, 0.05) is 9.92 Å². The molecule has 0 bridgehead atoms. The zero-order chi connectivity index (χ0) is 24.6. The smallest absolute Gasteiger partial charge is 0.307 e. The minimum Gasteiger partial charge on any atom is -0.486 e. The Morgan fingerprint density at radius 2 is 1.69 bits per heavy atom. The molecule has 5 nitrogen and oxygen atoms in total. The third kappa shape index (κ3) is 7.29. The number of hydrogen-bond donors (Lipinski definition) is 1. The van der Waals surface area contributed by atoms with Gasteiger partial charge in [0.25, 0.3) is 0 Å². The van der Waals surface area contributed by atoms with Gasteiger partial charge in [-0.3, -0.25) is 4.79 Å². The van der Waals surface area contributed by atoms with Gasteiger partial charge in [0.2, 0.25) is 0 Å². The summed E-state index contributed by atoms with van der Waals surface area (Å²) in [6.07, 6.45) is 1.44. The summed E-state index contributed by atoms with van der Waals surface area (Å²) in [4.78, 5) is 13.5. The third-order valence-electron chi connectivity index (χ3n) is 4.71.